The fraction of sp³-hybridized carbons (Fsp3) is 0.360. The van der Waals surface area contributed by atoms with E-state index in [0.29, 0.717) is 37.8 Å². The average Bonchev–Trinajstić information content (AvgIpc) is 3.36. The first-order valence-corrected chi connectivity index (χ1v) is 13.3. The van der Waals surface area contributed by atoms with E-state index in [9.17, 15) is 9.59 Å². The third kappa shape index (κ3) is 7.19. The molecule has 1 aromatic heterocycles. The first-order valence-electron chi connectivity index (χ1n) is 11.5. The Labute approximate surface area is 213 Å². The van der Waals surface area contributed by atoms with Gasteiger partial charge < -0.3 is 19.9 Å². The van der Waals surface area contributed by atoms with Crippen LogP contribution in [0.5, 0.6) is 5.75 Å². The van der Waals surface area contributed by atoms with Crippen molar-refractivity contribution in [3.8, 4) is 5.75 Å². The summed E-state index contributed by atoms with van der Waals surface area (Å²) in [7, 11) is 0. The summed E-state index contributed by atoms with van der Waals surface area (Å²) in [5.74, 6) is 1.34. The molecule has 2 aromatic carbocycles. The van der Waals surface area contributed by atoms with E-state index >= 15 is 0 Å². The van der Waals surface area contributed by atoms with Crippen molar-refractivity contribution in [2.24, 2.45) is 0 Å². The number of piperazine rings is 1. The molecule has 0 radical (unpaired) electrons. The Balaban J connectivity index is 1.18. The summed E-state index contributed by atoms with van der Waals surface area (Å²) in [5.41, 5.74) is 2.02. The van der Waals surface area contributed by atoms with Crippen LogP contribution in [-0.2, 0) is 9.59 Å². The molecule has 184 valence electrons. The predicted octanol–water partition coefficient (Wildman–Crippen LogP) is 4.12. The van der Waals surface area contributed by atoms with Gasteiger partial charge in [-0.25, -0.2) is 0 Å². The Morgan fingerprint density at radius 2 is 1.74 bits per heavy atom. The number of anilines is 2. The Morgan fingerprint density at radius 1 is 1.03 bits per heavy atom. The number of aromatic nitrogens is 2. The van der Waals surface area contributed by atoms with Gasteiger partial charge >= 0.3 is 0 Å². The highest BCUT2D eigenvalue weighted by Gasteiger charge is 2.24. The molecule has 0 saturated carbocycles. The Morgan fingerprint density at radius 3 is 2.43 bits per heavy atom. The monoisotopic (exact) mass is 511 g/mol. The number of nitrogens with one attached hydrogen (secondary N) is 1. The SMILES string of the molecule is CC(C)c1ccc(OCC(=O)N2CCN(c3nnc(SCC(=O)Nc4ccccc4)s3)CC2)cc1. The van der Waals surface area contributed by atoms with Crippen LogP contribution in [0.1, 0.15) is 25.3 Å². The summed E-state index contributed by atoms with van der Waals surface area (Å²) in [6, 6.07) is 17.3. The molecular formula is C25H29N5O3S2. The third-order valence-corrected chi connectivity index (χ3v) is 7.71. The smallest absolute Gasteiger partial charge is 0.260 e. The number of rotatable bonds is 9. The van der Waals surface area contributed by atoms with Crippen LogP contribution < -0.4 is 15.0 Å². The van der Waals surface area contributed by atoms with E-state index in [4.69, 9.17) is 4.74 Å². The van der Waals surface area contributed by atoms with Gasteiger partial charge in [-0.1, -0.05) is 67.3 Å². The van der Waals surface area contributed by atoms with Crippen LogP contribution in [0, 0.1) is 0 Å². The van der Waals surface area contributed by atoms with Crippen LogP contribution in [0.15, 0.2) is 58.9 Å². The van der Waals surface area contributed by atoms with Gasteiger partial charge in [0.2, 0.25) is 11.0 Å². The molecule has 1 fully saturated rings. The molecule has 2 heterocycles. The zero-order chi connectivity index (χ0) is 24.6. The van der Waals surface area contributed by atoms with Crippen LogP contribution in [0.3, 0.4) is 0 Å². The van der Waals surface area contributed by atoms with Crippen LogP contribution in [-0.4, -0.2) is 65.5 Å². The first-order chi connectivity index (χ1) is 17.0. The molecule has 3 aromatic rings. The lowest BCUT2D eigenvalue weighted by Gasteiger charge is -2.34. The van der Waals surface area contributed by atoms with E-state index in [1.165, 1.54) is 28.7 Å². The number of nitrogens with zero attached hydrogens (tertiary/aromatic N) is 4. The lowest BCUT2D eigenvalue weighted by molar-refractivity contribution is -0.133. The van der Waals surface area contributed by atoms with Gasteiger partial charge in [0.1, 0.15) is 5.75 Å². The second-order valence-electron chi connectivity index (χ2n) is 8.43. The van der Waals surface area contributed by atoms with Crippen molar-refractivity contribution in [3.05, 3.63) is 60.2 Å². The van der Waals surface area contributed by atoms with Gasteiger partial charge in [-0.2, -0.15) is 0 Å². The number of hydrogen-bond donors (Lipinski definition) is 1. The highest BCUT2D eigenvalue weighted by molar-refractivity contribution is 8.01. The normalized spacial score (nSPS) is 13.7. The summed E-state index contributed by atoms with van der Waals surface area (Å²) in [6.45, 7) is 6.90. The molecule has 0 bridgehead atoms. The van der Waals surface area contributed by atoms with Crippen LogP contribution in [0.4, 0.5) is 10.8 Å². The molecule has 1 saturated heterocycles. The van der Waals surface area contributed by atoms with E-state index in [1.54, 1.807) is 0 Å². The van der Waals surface area contributed by atoms with Crippen molar-refractivity contribution in [2.75, 3.05) is 48.8 Å². The van der Waals surface area contributed by atoms with Crippen molar-refractivity contribution in [3.63, 3.8) is 0 Å². The molecule has 4 rings (SSSR count). The molecule has 1 aliphatic rings. The number of hydrogen-bond acceptors (Lipinski definition) is 8. The Hall–Kier alpha value is -3.11. The largest absolute Gasteiger partial charge is 0.484 e. The summed E-state index contributed by atoms with van der Waals surface area (Å²) >= 11 is 2.84. The fourth-order valence-corrected chi connectivity index (χ4v) is 5.26. The molecule has 8 nitrogen and oxygen atoms in total. The number of benzene rings is 2. The number of carbonyl (C=O) groups is 2. The Bertz CT molecular complexity index is 1110. The number of carbonyl (C=O) groups excluding carboxylic acids is 2. The summed E-state index contributed by atoms with van der Waals surface area (Å²) in [5, 5.41) is 12.2. The van der Waals surface area contributed by atoms with Crippen LogP contribution in [0.2, 0.25) is 0 Å². The van der Waals surface area contributed by atoms with E-state index < -0.39 is 0 Å². The molecule has 0 atom stereocenters. The standard InChI is InChI=1S/C25H29N5O3S2/c1-18(2)19-8-10-21(11-9-19)33-16-23(32)29-12-14-30(15-13-29)24-27-28-25(35-24)34-17-22(31)26-20-6-4-3-5-7-20/h3-11,18H,12-17H2,1-2H3,(H,26,31). The van der Waals surface area contributed by atoms with Gasteiger partial charge in [0, 0.05) is 31.9 Å². The molecule has 10 heteroatoms. The average molecular weight is 512 g/mol. The maximum Gasteiger partial charge on any atom is 0.260 e. The minimum absolute atomic E-state index is 0.0180. The maximum atomic E-state index is 12.6. The fourth-order valence-electron chi connectivity index (χ4n) is 3.57. The van der Waals surface area contributed by atoms with Crippen molar-refractivity contribution in [2.45, 2.75) is 24.1 Å². The highest BCUT2D eigenvalue weighted by Crippen LogP contribution is 2.29. The third-order valence-electron chi connectivity index (χ3n) is 5.59. The van der Waals surface area contributed by atoms with Crippen molar-refractivity contribution in [1.29, 1.82) is 0 Å². The van der Waals surface area contributed by atoms with Crippen molar-refractivity contribution in [1.82, 2.24) is 15.1 Å². The summed E-state index contributed by atoms with van der Waals surface area (Å²) in [4.78, 5) is 28.7. The lowest BCUT2D eigenvalue weighted by atomic mass is 10.0. The van der Waals surface area contributed by atoms with Gasteiger partial charge in [-0.15, -0.1) is 10.2 Å². The van der Waals surface area contributed by atoms with Crippen LogP contribution in [0.25, 0.3) is 0 Å². The lowest BCUT2D eigenvalue weighted by Crippen LogP contribution is -2.50. The van der Waals surface area contributed by atoms with E-state index in [1.807, 2.05) is 59.5 Å². The van der Waals surface area contributed by atoms with E-state index in [0.717, 1.165) is 15.2 Å². The second-order valence-corrected chi connectivity index (χ2v) is 10.6. The molecule has 0 spiro atoms. The number of para-hydroxylation sites is 1. The first kappa shape index (κ1) is 25.0. The molecular weight excluding hydrogens is 482 g/mol. The number of amides is 2. The van der Waals surface area contributed by atoms with Crippen LogP contribution >= 0.6 is 23.1 Å². The van der Waals surface area contributed by atoms with Gasteiger partial charge in [-0.3, -0.25) is 9.59 Å². The second kappa shape index (κ2) is 12.0. The van der Waals surface area contributed by atoms with Crippen molar-refractivity contribution >= 4 is 45.7 Å². The van der Waals surface area contributed by atoms with Crippen molar-refractivity contribution < 1.29 is 14.3 Å². The minimum Gasteiger partial charge on any atom is -0.484 e. The molecule has 0 unspecified atom stereocenters. The summed E-state index contributed by atoms with van der Waals surface area (Å²) in [6.07, 6.45) is 0. The molecule has 2 amide bonds. The summed E-state index contributed by atoms with van der Waals surface area (Å²) < 4.78 is 6.44. The molecule has 35 heavy (non-hydrogen) atoms. The van der Waals surface area contributed by atoms with E-state index in [-0.39, 0.29) is 24.2 Å². The van der Waals surface area contributed by atoms with Gasteiger partial charge in [0.05, 0.1) is 5.75 Å². The maximum absolute atomic E-state index is 12.6. The van der Waals surface area contributed by atoms with E-state index in [2.05, 4.69) is 34.3 Å². The molecule has 1 N–H and O–H groups in total. The topological polar surface area (TPSA) is 87.7 Å². The molecule has 1 aliphatic heterocycles. The zero-order valence-corrected chi connectivity index (χ0v) is 21.5. The Kier molecular flexibility index (Phi) is 8.59. The van der Waals surface area contributed by atoms with Gasteiger partial charge in [0.15, 0.2) is 10.9 Å². The molecule has 0 aliphatic carbocycles. The predicted molar refractivity (Wildman–Crippen MR) is 141 cm³/mol. The highest BCUT2D eigenvalue weighted by atomic mass is 32.2. The van der Waals surface area contributed by atoms with Gasteiger partial charge in [0.25, 0.3) is 5.91 Å². The van der Waals surface area contributed by atoms with Gasteiger partial charge in [-0.05, 0) is 35.7 Å². The zero-order valence-electron chi connectivity index (χ0n) is 19.8. The number of ether oxygens (including phenoxy) is 1. The minimum atomic E-state index is -0.0804. The number of thioether (sulfide) groups is 1. The quantitative estimate of drug-likeness (QED) is 0.433.